The molecule has 0 bridgehead atoms. The molecule has 17 nitrogen and oxygen atoms in total. The second-order valence-electron chi connectivity index (χ2n) is 11.4. The van der Waals surface area contributed by atoms with Gasteiger partial charge in [-0.15, -0.1) is 54.4 Å². The fraction of sp³-hybridized carbons (Fsp3) is 0.444. The molecule has 0 unspecified atom stereocenters. The Morgan fingerprint density at radius 2 is 0.732 bits per heavy atom. The Hall–Kier alpha value is -5.34. The van der Waals surface area contributed by atoms with Crippen LogP contribution < -0.4 is 0 Å². The standard InChI is InChI=1S/2C5H7NO.2C5H7NS.3C4H6N2O.C4H6N2S/c4*1-4-3-6-5(2)7-4;1-3-5-6-4(2)7-3;2*1-3-5-4(2)7-6-3;1-3-5-6-4(2)7-3/h4*3H,1-2H3;4*1-2H3. The number of rotatable bonds is 0. The molecule has 8 aromatic rings. The summed E-state index contributed by atoms with van der Waals surface area (Å²) in [6, 6.07) is 0. The molecular formula is C36H52N12O5S3. The average molecular weight is 829 g/mol. The molecule has 0 saturated heterocycles. The van der Waals surface area contributed by atoms with Gasteiger partial charge in [0.2, 0.25) is 23.6 Å². The number of thiazole rings is 2. The second kappa shape index (κ2) is 26.5. The van der Waals surface area contributed by atoms with Gasteiger partial charge in [-0.25, -0.2) is 19.9 Å². The van der Waals surface area contributed by atoms with E-state index >= 15 is 0 Å². The molecule has 0 atom stereocenters. The van der Waals surface area contributed by atoms with Crippen LogP contribution in [0.2, 0.25) is 0 Å². The third kappa shape index (κ3) is 24.9. The summed E-state index contributed by atoms with van der Waals surface area (Å²) in [5.41, 5.74) is 0. The number of aromatic nitrogens is 12. The predicted octanol–water partition coefficient (Wildman–Crippen LogP) is 9.32. The molecule has 0 radical (unpaired) electrons. The van der Waals surface area contributed by atoms with E-state index in [1.807, 2.05) is 67.8 Å². The van der Waals surface area contributed by atoms with Crippen LogP contribution in [0.25, 0.3) is 0 Å². The predicted molar refractivity (Wildman–Crippen MR) is 216 cm³/mol. The molecule has 304 valence electrons. The van der Waals surface area contributed by atoms with Crippen molar-refractivity contribution in [2.75, 3.05) is 0 Å². The van der Waals surface area contributed by atoms with E-state index in [1.54, 1.807) is 87.9 Å². The topological polar surface area (TPSA) is 220 Å². The van der Waals surface area contributed by atoms with E-state index in [0.29, 0.717) is 35.2 Å². The zero-order chi connectivity index (χ0) is 42.2. The molecule has 0 saturated carbocycles. The smallest absolute Gasteiger partial charge is 0.223 e. The molecule has 0 N–H and O–H groups in total. The molecule has 0 spiro atoms. The van der Waals surface area contributed by atoms with Crippen molar-refractivity contribution in [2.45, 2.75) is 111 Å². The molecule has 8 heterocycles. The molecule has 56 heavy (non-hydrogen) atoms. The van der Waals surface area contributed by atoms with Gasteiger partial charge in [-0.1, -0.05) is 10.3 Å². The average Bonchev–Trinajstić information content (AvgIpc) is 4.00. The molecule has 0 fully saturated rings. The van der Waals surface area contributed by atoms with Gasteiger partial charge in [0, 0.05) is 63.7 Å². The Morgan fingerprint density at radius 3 is 0.821 bits per heavy atom. The van der Waals surface area contributed by atoms with Crippen LogP contribution in [-0.4, -0.2) is 60.6 Å². The van der Waals surface area contributed by atoms with Gasteiger partial charge in [0.1, 0.15) is 21.5 Å². The van der Waals surface area contributed by atoms with Crippen molar-refractivity contribution in [1.82, 2.24) is 60.6 Å². The van der Waals surface area contributed by atoms with E-state index in [4.69, 9.17) is 13.3 Å². The molecular weight excluding hydrogens is 777 g/mol. The number of nitrogens with zero attached hydrogens (tertiary/aromatic N) is 12. The maximum absolute atomic E-state index is 4.97. The summed E-state index contributed by atoms with van der Waals surface area (Å²) in [5, 5.41) is 26.2. The second-order valence-corrected chi connectivity index (χ2v) is 15.6. The Labute approximate surface area is 339 Å². The first-order valence-electron chi connectivity index (χ1n) is 16.9. The van der Waals surface area contributed by atoms with Gasteiger partial charge >= 0.3 is 0 Å². The van der Waals surface area contributed by atoms with Gasteiger partial charge < -0.3 is 22.3 Å². The van der Waals surface area contributed by atoms with Gasteiger partial charge in [-0.3, -0.25) is 0 Å². The summed E-state index contributed by atoms with van der Waals surface area (Å²) in [6.45, 7) is 30.1. The van der Waals surface area contributed by atoms with E-state index in [-0.39, 0.29) is 0 Å². The Bertz CT molecular complexity index is 1600. The minimum atomic E-state index is 0.623. The number of hydrogen-bond acceptors (Lipinski definition) is 20. The van der Waals surface area contributed by atoms with Crippen LogP contribution in [0, 0.1) is 111 Å². The van der Waals surface area contributed by atoms with E-state index in [1.165, 1.54) is 9.75 Å². The molecule has 8 rings (SSSR count). The largest absolute Gasteiger partial charge is 0.446 e. The number of aryl methyl sites for hydroxylation is 16. The van der Waals surface area contributed by atoms with E-state index in [9.17, 15) is 0 Å². The fourth-order valence-corrected chi connectivity index (χ4v) is 5.41. The van der Waals surface area contributed by atoms with Gasteiger partial charge in [-0.05, 0) is 69.2 Å². The van der Waals surface area contributed by atoms with Crippen molar-refractivity contribution < 1.29 is 22.3 Å². The van der Waals surface area contributed by atoms with E-state index in [0.717, 1.165) is 43.3 Å². The lowest BCUT2D eigenvalue weighted by Gasteiger charge is -1.73. The third-order valence-corrected chi connectivity index (χ3v) is 7.87. The lowest BCUT2D eigenvalue weighted by molar-refractivity contribution is 0.389. The highest BCUT2D eigenvalue weighted by molar-refractivity contribution is 7.11. The van der Waals surface area contributed by atoms with Crippen LogP contribution in [0.3, 0.4) is 0 Å². The summed E-state index contributed by atoms with van der Waals surface area (Å²) in [7, 11) is 0. The van der Waals surface area contributed by atoms with Crippen molar-refractivity contribution in [3.05, 3.63) is 113 Å². The maximum Gasteiger partial charge on any atom is 0.223 e. The minimum absolute atomic E-state index is 0.623. The van der Waals surface area contributed by atoms with Crippen molar-refractivity contribution in [3.63, 3.8) is 0 Å². The van der Waals surface area contributed by atoms with Gasteiger partial charge in [0.05, 0.1) is 22.4 Å². The molecule has 0 aliphatic carbocycles. The first-order valence-corrected chi connectivity index (χ1v) is 19.4. The summed E-state index contributed by atoms with van der Waals surface area (Å²) < 4.78 is 24.0. The van der Waals surface area contributed by atoms with Crippen molar-refractivity contribution >= 4 is 34.0 Å². The number of hydrogen-bond donors (Lipinski definition) is 0. The van der Waals surface area contributed by atoms with Crippen molar-refractivity contribution in [1.29, 1.82) is 0 Å². The maximum atomic E-state index is 4.97. The van der Waals surface area contributed by atoms with E-state index < -0.39 is 0 Å². The summed E-state index contributed by atoms with van der Waals surface area (Å²) in [6.07, 6.45) is 7.19. The van der Waals surface area contributed by atoms with Gasteiger partial charge in [-0.2, -0.15) is 9.97 Å². The third-order valence-electron chi connectivity index (χ3n) is 5.46. The monoisotopic (exact) mass is 828 g/mol. The molecule has 0 aliphatic heterocycles. The Kier molecular flexibility index (Phi) is 23.0. The zero-order valence-corrected chi connectivity index (χ0v) is 37.4. The Balaban J connectivity index is 0.000000320. The zero-order valence-electron chi connectivity index (χ0n) is 34.9. The van der Waals surface area contributed by atoms with E-state index in [2.05, 4.69) is 83.5 Å². The summed E-state index contributed by atoms with van der Waals surface area (Å²) >= 11 is 5.08. The van der Waals surface area contributed by atoms with Crippen LogP contribution in [0.1, 0.15) is 88.3 Å². The highest BCUT2D eigenvalue weighted by Gasteiger charge is 1.93. The molecule has 0 amide bonds. The first-order chi connectivity index (χ1) is 26.3. The van der Waals surface area contributed by atoms with Crippen LogP contribution in [0.4, 0.5) is 0 Å². The van der Waals surface area contributed by atoms with Crippen LogP contribution in [-0.2, 0) is 0 Å². The summed E-state index contributed by atoms with van der Waals surface area (Å²) in [5.74, 6) is 7.09. The SMILES string of the molecule is Cc1cnc(C)o1.Cc1cnc(C)o1.Cc1cnc(C)s1.Cc1cnc(C)s1.Cc1nnc(C)o1.Cc1nnc(C)s1.Cc1noc(C)n1.Cc1noc(C)n1. The number of oxazole rings is 2. The molecule has 8 aromatic heterocycles. The fourth-order valence-electron chi connectivity index (χ4n) is 3.46. The normalized spacial score (nSPS) is 9.43. The lowest BCUT2D eigenvalue weighted by atomic mass is 10.6. The molecule has 0 aliphatic rings. The van der Waals surface area contributed by atoms with Gasteiger partial charge in [0.25, 0.3) is 0 Å². The summed E-state index contributed by atoms with van der Waals surface area (Å²) in [4.78, 5) is 26.0. The van der Waals surface area contributed by atoms with Crippen LogP contribution in [0.15, 0.2) is 47.1 Å². The van der Waals surface area contributed by atoms with Crippen LogP contribution in [0.5, 0.6) is 0 Å². The first kappa shape index (κ1) is 48.7. The highest BCUT2D eigenvalue weighted by Crippen LogP contribution is 2.09. The van der Waals surface area contributed by atoms with Crippen molar-refractivity contribution in [3.8, 4) is 0 Å². The van der Waals surface area contributed by atoms with Crippen molar-refractivity contribution in [2.24, 2.45) is 0 Å². The minimum Gasteiger partial charge on any atom is -0.446 e. The van der Waals surface area contributed by atoms with Gasteiger partial charge in [0.15, 0.2) is 23.4 Å². The Morgan fingerprint density at radius 1 is 0.357 bits per heavy atom. The highest BCUT2D eigenvalue weighted by atomic mass is 32.1. The molecule has 20 heteroatoms. The van der Waals surface area contributed by atoms with Crippen LogP contribution >= 0.6 is 34.0 Å². The quantitative estimate of drug-likeness (QED) is 0.139. The lowest BCUT2D eigenvalue weighted by Crippen LogP contribution is -1.70. The molecule has 0 aromatic carbocycles.